The second-order valence-electron chi connectivity index (χ2n) is 8.03. The van der Waals surface area contributed by atoms with Crippen molar-refractivity contribution in [3.63, 3.8) is 0 Å². The lowest BCUT2D eigenvalue weighted by Crippen LogP contribution is -2.23. The van der Waals surface area contributed by atoms with Crippen LogP contribution in [0.3, 0.4) is 0 Å². The van der Waals surface area contributed by atoms with Gasteiger partial charge < -0.3 is 5.73 Å². The fraction of sp³-hybridized carbons (Fsp3) is 0.680. The van der Waals surface area contributed by atoms with Crippen molar-refractivity contribution in [1.29, 1.82) is 0 Å². The molecule has 1 unspecified atom stereocenters. The SMILES string of the molecule is C=C/C=C(\C)C/C=C\C.C=CN.CCCC(CC(CC)CC)C(C)(C)C. The van der Waals surface area contributed by atoms with Crippen molar-refractivity contribution >= 4 is 0 Å². The molecule has 0 amide bonds. The lowest BCUT2D eigenvalue weighted by Gasteiger charge is -2.33. The normalized spacial score (nSPS) is 12.7. The van der Waals surface area contributed by atoms with Crippen LogP contribution in [0.1, 0.15) is 93.9 Å². The van der Waals surface area contributed by atoms with Gasteiger partial charge in [-0.15, -0.1) is 0 Å². The van der Waals surface area contributed by atoms with Crippen LogP contribution in [0.15, 0.2) is 49.2 Å². The van der Waals surface area contributed by atoms with Gasteiger partial charge in [0.15, 0.2) is 0 Å². The molecule has 0 bridgehead atoms. The molecule has 1 heteroatoms. The standard InChI is InChI=1S/C14H30.C9H14.C2H5N/c1-7-10-13(14(4,5)6)11-12(8-2)9-3;1-4-6-8-9(3)7-5-2;1-2-3/h12-13H,7-11H2,1-6H3;4-7H,2,8H2,1,3H3;2H,1,3H2/b;6-4-,9-7+;. The van der Waals surface area contributed by atoms with Gasteiger partial charge >= 0.3 is 0 Å². The van der Waals surface area contributed by atoms with E-state index in [0.29, 0.717) is 5.41 Å². The van der Waals surface area contributed by atoms with Crippen LogP contribution in [0, 0.1) is 17.3 Å². The minimum Gasteiger partial charge on any atom is -0.405 e. The number of allylic oxidation sites excluding steroid dienone is 5. The van der Waals surface area contributed by atoms with Gasteiger partial charge in [-0.25, -0.2) is 0 Å². The lowest BCUT2D eigenvalue weighted by molar-refractivity contribution is 0.177. The summed E-state index contributed by atoms with van der Waals surface area (Å²) in [7, 11) is 0. The first-order chi connectivity index (χ1) is 12.2. The Morgan fingerprint density at radius 1 is 1.08 bits per heavy atom. The Kier molecular flexibility index (Phi) is 22.8. The van der Waals surface area contributed by atoms with Gasteiger partial charge in [-0.3, -0.25) is 0 Å². The Morgan fingerprint density at radius 3 is 1.88 bits per heavy atom. The number of hydrogen-bond donors (Lipinski definition) is 1. The summed E-state index contributed by atoms with van der Waals surface area (Å²) in [5, 5.41) is 0. The molecule has 1 nitrogen and oxygen atoms in total. The van der Waals surface area contributed by atoms with Gasteiger partial charge in [-0.1, -0.05) is 110 Å². The third-order valence-corrected chi connectivity index (χ3v) is 4.71. The topological polar surface area (TPSA) is 26.0 Å². The first kappa shape index (κ1) is 29.5. The van der Waals surface area contributed by atoms with E-state index in [1.165, 1.54) is 43.9 Å². The quantitative estimate of drug-likeness (QED) is 0.322. The Bertz CT molecular complexity index is 364. The summed E-state index contributed by atoms with van der Waals surface area (Å²) >= 11 is 0. The van der Waals surface area contributed by atoms with Crippen LogP contribution >= 0.6 is 0 Å². The molecule has 0 saturated carbocycles. The molecule has 0 aromatic rings. The van der Waals surface area contributed by atoms with Gasteiger partial charge in [-0.05, 0) is 50.1 Å². The molecule has 0 radical (unpaired) electrons. The van der Waals surface area contributed by atoms with Gasteiger partial charge in [0.2, 0.25) is 0 Å². The van der Waals surface area contributed by atoms with E-state index in [0.717, 1.165) is 18.3 Å². The third-order valence-electron chi connectivity index (χ3n) is 4.71. The molecular formula is C25H49N. The van der Waals surface area contributed by atoms with E-state index in [1.54, 1.807) is 0 Å². The average Bonchev–Trinajstić information content (AvgIpc) is 2.57. The molecule has 1 atom stereocenters. The highest BCUT2D eigenvalue weighted by molar-refractivity contribution is 5.10. The molecule has 0 fully saturated rings. The van der Waals surface area contributed by atoms with E-state index in [-0.39, 0.29) is 0 Å². The molecule has 0 aliphatic rings. The summed E-state index contributed by atoms with van der Waals surface area (Å²) in [6.07, 6.45) is 17.2. The molecule has 0 saturated heterocycles. The van der Waals surface area contributed by atoms with Crippen molar-refractivity contribution in [1.82, 2.24) is 0 Å². The zero-order chi connectivity index (χ0) is 21.0. The predicted molar refractivity (Wildman–Crippen MR) is 124 cm³/mol. The van der Waals surface area contributed by atoms with E-state index in [9.17, 15) is 0 Å². The largest absolute Gasteiger partial charge is 0.405 e. The van der Waals surface area contributed by atoms with Crippen LogP contribution in [0.5, 0.6) is 0 Å². The summed E-state index contributed by atoms with van der Waals surface area (Å²) in [5.41, 5.74) is 6.46. The first-order valence-corrected chi connectivity index (χ1v) is 10.4. The number of hydrogen-bond acceptors (Lipinski definition) is 1. The average molecular weight is 364 g/mol. The molecule has 0 aromatic carbocycles. The predicted octanol–water partition coefficient (Wildman–Crippen LogP) is 8.45. The van der Waals surface area contributed by atoms with E-state index in [1.807, 2.05) is 19.1 Å². The zero-order valence-electron chi connectivity index (χ0n) is 19.3. The van der Waals surface area contributed by atoms with Crippen molar-refractivity contribution in [2.75, 3.05) is 0 Å². The van der Waals surface area contributed by atoms with E-state index >= 15 is 0 Å². The van der Waals surface area contributed by atoms with Crippen LogP contribution in [0.25, 0.3) is 0 Å². The molecule has 0 rings (SSSR count). The fourth-order valence-electron chi connectivity index (χ4n) is 2.85. The minimum atomic E-state index is 0.499. The van der Waals surface area contributed by atoms with Crippen molar-refractivity contribution in [3.8, 4) is 0 Å². The zero-order valence-corrected chi connectivity index (χ0v) is 19.3. The van der Waals surface area contributed by atoms with E-state index < -0.39 is 0 Å². The third kappa shape index (κ3) is 20.8. The smallest absolute Gasteiger partial charge is 0.0136 e. The van der Waals surface area contributed by atoms with Gasteiger partial charge in [0.05, 0.1) is 0 Å². The van der Waals surface area contributed by atoms with Gasteiger partial charge in [0.25, 0.3) is 0 Å². The molecule has 154 valence electrons. The van der Waals surface area contributed by atoms with E-state index in [4.69, 9.17) is 0 Å². The van der Waals surface area contributed by atoms with Crippen molar-refractivity contribution in [2.45, 2.75) is 93.9 Å². The Hall–Kier alpha value is -1.24. The summed E-state index contributed by atoms with van der Waals surface area (Å²) in [6.45, 7) is 25.0. The second kappa shape index (κ2) is 20.1. The van der Waals surface area contributed by atoms with Crippen molar-refractivity contribution < 1.29 is 0 Å². The van der Waals surface area contributed by atoms with Crippen LogP contribution in [0.4, 0.5) is 0 Å². The minimum absolute atomic E-state index is 0.499. The fourth-order valence-corrected chi connectivity index (χ4v) is 2.85. The summed E-state index contributed by atoms with van der Waals surface area (Å²) in [4.78, 5) is 0. The van der Waals surface area contributed by atoms with Gasteiger partial charge in [-0.2, -0.15) is 0 Å². The maximum absolute atomic E-state index is 4.61. The maximum Gasteiger partial charge on any atom is -0.0136 e. The molecule has 0 aliphatic carbocycles. The number of nitrogens with two attached hydrogens (primary N) is 1. The highest BCUT2D eigenvalue weighted by Gasteiger charge is 2.25. The van der Waals surface area contributed by atoms with Crippen LogP contribution in [-0.2, 0) is 0 Å². The molecule has 0 aromatic heterocycles. The summed E-state index contributed by atoms with van der Waals surface area (Å²) in [5.74, 6) is 1.86. The Morgan fingerprint density at radius 2 is 1.58 bits per heavy atom. The van der Waals surface area contributed by atoms with Gasteiger partial charge in [0.1, 0.15) is 0 Å². The van der Waals surface area contributed by atoms with Crippen LogP contribution in [0.2, 0.25) is 0 Å². The van der Waals surface area contributed by atoms with Crippen LogP contribution < -0.4 is 5.73 Å². The first-order valence-electron chi connectivity index (χ1n) is 10.4. The molecule has 26 heavy (non-hydrogen) atoms. The Balaban J connectivity index is -0.000000377. The van der Waals surface area contributed by atoms with Crippen molar-refractivity contribution in [2.24, 2.45) is 23.0 Å². The second-order valence-corrected chi connectivity index (χ2v) is 8.03. The highest BCUT2D eigenvalue weighted by Crippen LogP contribution is 2.36. The number of rotatable bonds is 9. The lowest BCUT2D eigenvalue weighted by atomic mass is 9.73. The van der Waals surface area contributed by atoms with E-state index in [2.05, 4.69) is 79.5 Å². The summed E-state index contributed by atoms with van der Waals surface area (Å²) in [6, 6.07) is 0. The molecule has 0 spiro atoms. The molecule has 2 N–H and O–H groups in total. The van der Waals surface area contributed by atoms with Crippen LogP contribution in [-0.4, -0.2) is 0 Å². The Labute approximate surface area is 166 Å². The van der Waals surface area contributed by atoms with Crippen molar-refractivity contribution in [3.05, 3.63) is 49.2 Å². The highest BCUT2D eigenvalue weighted by atomic mass is 14.5. The molecule has 0 aliphatic heterocycles. The maximum atomic E-state index is 4.61. The van der Waals surface area contributed by atoms with Gasteiger partial charge in [0, 0.05) is 0 Å². The molecule has 0 heterocycles. The molecular weight excluding hydrogens is 314 g/mol. The monoisotopic (exact) mass is 363 g/mol. The summed E-state index contributed by atoms with van der Waals surface area (Å²) < 4.78 is 0.